The molecule has 2 N–H and O–H groups in total. The molecule has 3 aromatic rings. The van der Waals surface area contributed by atoms with Crippen LogP contribution in [-0.2, 0) is 0 Å². The Morgan fingerprint density at radius 3 is 2.60 bits per heavy atom. The third kappa shape index (κ3) is 2.52. The maximum Gasteiger partial charge on any atom is 0.137 e. The second kappa shape index (κ2) is 5.83. The van der Waals surface area contributed by atoms with Crippen molar-refractivity contribution in [3.05, 3.63) is 63.8 Å². The van der Waals surface area contributed by atoms with E-state index >= 15 is 0 Å². The largest absolute Gasteiger partial charge is 0.484 e. The molecule has 2 nitrogen and oxygen atoms in total. The van der Waals surface area contributed by atoms with E-state index in [9.17, 15) is 0 Å². The van der Waals surface area contributed by atoms with E-state index < -0.39 is 0 Å². The summed E-state index contributed by atoms with van der Waals surface area (Å²) in [6.45, 7) is 0.438. The van der Waals surface area contributed by atoms with Gasteiger partial charge in [0.1, 0.15) is 11.9 Å². The fraction of sp³-hybridized carbons (Fsp3) is 0.125. The van der Waals surface area contributed by atoms with Crippen LogP contribution in [0.15, 0.2) is 53.2 Å². The summed E-state index contributed by atoms with van der Waals surface area (Å²) in [7, 11) is 0. The van der Waals surface area contributed by atoms with Gasteiger partial charge >= 0.3 is 0 Å². The summed E-state index contributed by atoms with van der Waals surface area (Å²) in [5, 5.41) is 6.82. The Morgan fingerprint density at radius 1 is 1.10 bits per heavy atom. The minimum absolute atomic E-state index is 0.133. The SMILES string of the molecule is NCC(Oc1ccc(Cl)c2ccccc12)c1ccsc1. The monoisotopic (exact) mass is 303 g/mol. The standard InChI is InChI=1S/C16H14ClNOS/c17-14-5-6-15(13-4-2-1-3-12(13)14)19-16(9-18)11-7-8-20-10-11/h1-8,10,16H,9,18H2. The third-order valence-corrected chi connectivity index (χ3v) is 4.26. The van der Waals surface area contributed by atoms with Crippen LogP contribution in [0.4, 0.5) is 0 Å². The maximum atomic E-state index is 6.22. The predicted molar refractivity (Wildman–Crippen MR) is 85.7 cm³/mol. The minimum atomic E-state index is -0.133. The number of hydrogen-bond acceptors (Lipinski definition) is 3. The van der Waals surface area contributed by atoms with Crippen LogP contribution in [0.2, 0.25) is 5.02 Å². The zero-order valence-corrected chi connectivity index (χ0v) is 12.3. The molecule has 2 aromatic carbocycles. The van der Waals surface area contributed by atoms with E-state index in [0.29, 0.717) is 6.54 Å². The number of nitrogens with two attached hydrogens (primary N) is 1. The summed E-state index contributed by atoms with van der Waals surface area (Å²) in [4.78, 5) is 0. The van der Waals surface area contributed by atoms with Gasteiger partial charge in [0.25, 0.3) is 0 Å². The molecule has 0 saturated carbocycles. The molecule has 0 aliphatic carbocycles. The van der Waals surface area contributed by atoms with Crippen molar-refractivity contribution in [1.29, 1.82) is 0 Å². The molecular formula is C16H14ClNOS. The summed E-state index contributed by atoms with van der Waals surface area (Å²) in [5.74, 6) is 0.812. The first-order valence-electron chi connectivity index (χ1n) is 6.35. The number of rotatable bonds is 4. The normalized spacial score (nSPS) is 12.5. The molecule has 3 rings (SSSR count). The number of halogens is 1. The summed E-state index contributed by atoms with van der Waals surface area (Å²) in [6.07, 6.45) is -0.133. The highest BCUT2D eigenvalue weighted by Crippen LogP contribution is 2.33. The number of benzene rings is 2. The van der Waals surface area contributed by atoms with Gasteiger partial charge in [0, 0.05) is 27.9 Å². The summed E-state index contributed by atoms with van der Waals surface area (Å²) in [6, 6.07) is 13.8. The Kier molecular flexibility index (Phi) is 3.92. The van der Waals surface area contributed by atoms with Crippen LogP contribution in [0.25, 0.3) is 10.8 Å². The second-order valence-corrected chi connectivity index (χ2v) is 5.68. The van der Waals surface area contributed by atoms with E-state index in [4.69, 9.17) is 22.1 Å². The molecule has 0 fully saturated rings. The molecule has 0 spiro atoms. The molecule has 0 aliphatic heterocycles. The van der Waals surface area contributed by atoms with Crippen molar-refractivity contribution in [1.82, 2.24) is 0 Å². The molecule has 1 atom stereocenters. The Morgan fingerprint density at radius 2 is 1.90 bits per heavy atom. The molecule has 0 saturated heterocycles. The smallest absolute Gasteiger partial charge is 0.137 e. The molecular weight excluding hydrogens is 290 g/mol. The molecule has 1 aromatic heterocycles. The lowest BCUT2D eigenvalue weighted by Gasteiger charge is -2.18. The van der Waals surface area contributed by atoms with E-state index in [2.05, 4.69) is 5.38 Å². The highest BCUT2D eigenvalue weighted by Gasteiger charge is 2.14. The quantitative estimate of drug-likeness (QED) is 0.762. The van der Waals surface area contributed by atoms with E-state index in [1.165, 1.54) is 0 Å². The van der Waals surface area contributed by atoms with E-state index in [1.54, 1.807) is 11.3 Å². The zero-order valence-electron chi connectivity index (χ0n) is 10.8. The van der Waals surface area contributed by atoms with Gasteiger partial charge in [-0.15, -0.1) is 0 Å². The van der Waals surface area contributed by atoms with Gasteiger partial charge in [-0.2, -0.15) is 11.3 Å². The van der Waals surface area contributed by atoms with Gasteiger partial charge in [-0.3, -0.25) is 0 Å². The van der Waals surface area contributed by atoms with Crippen molar-refractivity contribution in [3.63, 3.8) is 0 Å². The van der Waals surface area contributed by atoms with Gasteiger partial charge in [0.05, 0.1) is 0 Å². The molecule has 1 heterocycles. The van der Waals surface area contributed by atoms with Gasteiger partial charge in [-0.1, -0.05) is 35.9 Å². The van der Waals surface area contributed by atoms with Crippen molar-refractivity contribution in [2.24, 2.45) is 5.73 Å². The van der Waals surface area contributed by atoms with Crippen molar-refractivity contribution in [2.45, 2.75) is 6.10 Å². The molecule has 102 valence electrons. The molecule has 0 amide bonds. The van der Waals surface area contributed by atoms with Crippen LogP contribution < -0.4 is 10.5 Å². The van der Waals surface area contributed by atoms with Gasteiger partial charge < -0.3 is 10.5 Å². The molecule has 4 heteroatoms. The van der Waals surface area contributed by atoms with Crippen LogP contribution in [-0.4, -0.2) is 6.54 Å². The summed E-state index contributed by atoms with van der Waals surface area (Å²) < 4.78 is 6.10. The predicted octanol–water partition coefficient (Wildman–Crippen LogP) is 4.63. The Bertz CT molecular complexity index is 712. The van der Waals surface area contributed by atoms with Crippen LogP contribution >= 0.6 is 22.9 Å². The van der Waals surface area contributed by atoms with Crippen LogP contribution in [0.3, 0.4) is 0 Å². The van der Waals surface area contributed by atoms with Crippen LogP contribution in [0, 0.1) is 0 Å². The fourth-order valence-corrected chi connectivity index (χ4v) is 3.13. The fourth-order valence-electron chi connectivity index (χ4n) is 2.20. The lowest BCUT2D eigenvalue weighted by molar-refractivity contribution is 0.217. The molecule has 0 aliphatic rings. The van der Waals surface area contributed by atoms with Gasteiger partial charge in [-0.05, 0) is 29.0 Å². The Hall–Kier alpha value is -1.55. The van der Waals surface area contributed by atoms with Crippen LogP contribution in [0.5, 0.6) is 5.75 Å². The summed E-state index contributed by atoms with van der Waals surface area (Å²) >= 11 is 7.86. The minimum Gasteiger partial charge on any atom is -0.484 e. The van der Waals surface area contributed by atoms with Crippen LogP contribution in [0.1, 0.15) is 11.7 Å². The molecule has 0 radical (unpaired) electrons. The Balaban J connectivity index is 2.00. The molecule has 0 bridgehead atoms. The first kappa shape index (κ1) is 13.4. The lowest BCUT2D eigenvalue weighted by Crippen LogP contribution is -2.17. The zero-order chi connectivity index (χ0) is 13.9. The van der Waals surface area contributed by atoms with Crippen molar-refractivity contribution >= 4 is 33.7 Å². The van der Waals surface area contributed by atoms with E-state index in [0.717, 1.165) is 27.1 Å². The average Bonchev–Trinajstić information content (AvgIpc) is 3.01. The maximum absolute atomic E-state index is 6.22. The van der Waals surface area contributed by atoms with Crippen molar-refractivity contribution in [2.75, 3.05) is 6.54 Å². The number of thiophene rings is 1. The number of hydrogen-bond donors (Lipinski definition) is 1. The molecule has 20 heavy (non-hydrogen) atoms. The summed E-state index contributed by atoms with van der Waals surface area (Å²) in [5.41, 5.74) is 6.95. The van der Waals surface area contributed by atoms with Crippen molar-refractivity contribution < 1.29 is 4.74 Å². The number of fused-ring (bicyclic) bond motifs is 1. The third-order valence-electron chi connectivity index (χ3n) is 3.23. The number of ether oxygens (including phenoxy) is 1. The van der Waals surface area contributed by atoms with Gasteiger partial charge in [-0.25, -0.2) is 0 Å². The molecule has 1 unspecified atom stereocenters. The second-order valence-electron chi connectivity index (χ2n) is 4.49. The van der Waals surface area contributed by atoms with Gasteiger partial charge in [0.15, 0.2) is 0 Å². The first-order chi connectivity index (χ1) is 9.79. The average molecular weight is 304 g/mol. The van der Waals surface area contributed by atoms with Crippen molar-refractivity contribution in [3.8, 4) is 5.75 Å². The highest BCUT2D eigenvalue weighted by molar-refractivity contribution is 7.07. The van der Waals surface area contributed by atoms with E-state index in [-0.39, 0.29) is 6.10 Å². The van der Waals surface area contributed by atoms with Gasteiger partial charge in [0.2, 0.25) is 0 Å². The first-order valence-corrected chi connectivity index (χ1v) is 7.67. The Labute approximate surface area is 126 Å². The van der Waals surface area contributed by atoms with E-state index in [1.807, 2.05) is 47.8 Å². The highest BCUT2D eigenvalue weighted by atomic mass is 35.5. The lowest BCUT2D eigenvalue weighted by atomic mass is 10.1. The topological polar surface area (TPSA) is 35.2 Å².